The van der Waals surface area contributed by atoms with Gasteiger partial charge in [0.2, 0.25) is 0 Å². The summed E-state index contributed by atoms with van der Waals surface area (Å²) in [5.41, 5.74) is 1.43. The van der Waals surface area contributed by atoms with Gasteiger partial charge < -0.3 is 14.4 Å². The maximum absolute atomic E-state index is 13.2. The van der Waals surface area contributed by atoms with Gasteiger partial charge in [-0.25, -0.2) is 4.39 Å². The van der Waals surface area contributed by atoms with E-state index in [1.807, 2.05) is 12.1 Å². The van der Waals surface area contributed by atoms with Crippen molar-refractivity contribution in [3.63, 3.8) is 0 Å². The maximum Gasteiger partial charge on any atom is 0.310 e. The fraction of sp³-hybridized carbons (Fsp3) is 0.720. The fourth-order valence-electron chi connectivity index (χ4n) is 7.28. The van der Waals surface area contributed by atoms with E-state index in [2.05, 4.69) is 16.7 Å². The standard InChI is InChI=1S/C25H33FN2O3/c1-24-7-2-8-25(16-30-25)22(24)13-19-20(23(29)31-21(19)14-24)15-27-9-11-28(12-10-27)18-5-3-17(26)4-6-18/h3-6,19-22H,2,7-16H2,1H3/t19-,20+,21+,22-,24+,25-/m0/s1. The van der Waals surface area contributed by atoms with Crippen molar-refractivity contribution >= 4 is 11.7 Å². The van der Waals surface area contributed by atoms with Crippen molar-refractivity contribution in [2.24, 2.45) is 23.2 Å². The van der Waals surface area contributed by atoms with E-state index in [4.69, 9.17) is 9.47 Å². The molecule has 5 nitrogen and oxygen atoms in total. The zero-order valence-corrected chi connectivity index (χ0v) is 18.4. The molecule has 5 fully saturated rings. The first kappa shape index (κ1) is 20.0. The maximum atomic E-state index is 13.2. The van der Waals surface area contributed by atoms with E-state index in [1.165, 1.54) is 31.4 Å². The van der Waals surface area contributed by atoms with Crippen molar-refractivity contribution in [2.45, 2.75) is 50.7 Å². The van der Waals surface area contributed by atoms with E-state index in [-0.39, 0.29) is 34.8 Å². The number of halogens is 1. The zero-order valence-electron chi connectivity index (χ0n) is 18.4. The third-order valence-corrected chi connectivity index (χ3v) is 9.10. The van der Waals surface area contributed by atoms with Crippen molar-refractivity contribution in [2.75, 3.05) is 44.2 Å². The quantitative estimate of drug-likeness (QED) is 0.545. The molecule has 1 aromatic rings. The largest absolute Gasteiger partial charge is 0.462 e. The minimum absolute atomic E-state index is 0.00959. The number of anilines is 1. The highest BCUT2D eigenvalue weighted by atomic mass is 19.1. The molecule has 31 heavy (non-hydrogen) atoms. The summed E-state index contributed by atoms with van der Waals surface area (Å²) in [6.07, 6.45) is 5.84. The van der Waals surface area contributed by atoms with Gasteiger partial charge in [-0.1, -0.05) is 6.92 Å². The molecule has 1 spiro atoms. The Morgan fingerprint density at radius 1 is 1.13 bits per heavy atom. The van der Waals surface area contributed by atoms with E-state index in [0.717, 1.165) is 57.9 Å². The lowest BCUT2D eigenvalue weighted by Crippen LogP contribution is -2.52. The molecule has 168 valence electrons. The van der Waals surface area contributed by atoms with E-state index < -0.39 is 0 Å². The Morgan fingerprint density at radius 3 is 2.58 bits per heavy atom. The van der Waals surface area contributed by atoms with Gasteiger partial charge in [-0.3, -0.25) is 9.69 Å². The zero-order chi connectivity index (χ0) is 21.2. The number of piperazine rings is 1. The van der Waals surface area contributed by atoms with Crippen LogP contribution in [-0.2, 0) is 14.3 Å². The van der Waals surface area contributed by atoms with E-state index in [1.54, 1.807) is 0 Å². The number of esters is 1. The lowest BCUT2D eigenvalue weighted by molar-refractivity contribution is -0.147. The molecular weight excluding hydrogens is 395 g/mol. The van der Waals surface area contributed by atoms with Crippen molar-refractivity contribution < 1.29 is 18.7 Å². The molecular formula is C25H33FN2O3. The summed E-state index contributed by atoms with van der Waals surface area (Å²) >= 11 is 0. The Morgan fingerprint density at radius 2 is 1.87 bits per heavy atom. The van der Waals surface area contributed by atoms with Gasteiger partial charge in [0, 0.05) is 44.3 Å². The van der Waals surface area contributed by atoms with Crippen LogP contribution in [0.2, 0.25) is 0 Å². The Labute approximate surface area is 183 Å². The van der Waals surface area contributed by atoms with Gasteiger partial charge >= 0.3 is 5.97 Å². The van der Waals surface area contributed by atoms with Crippen LogP contribution in [0.25, 0.3) is 0 Å². The lowest BCUT2D eigenvalue weighted by atomic mass is 9.53. The molecule has 0 amide bonds. The van der Waals surface area contributed by atoms with Crippen LogP contribution in [0, 0.1) is 29.0 Å². The third-order valence-electron chi connectivity index (χ3n) is 9.10. The molecule has 0 radical (unpaired) electrons. The molecule has 0 bridgehead atoms. The van der Waals surface area contributed by atoms with Gasteiger partial charge in [-0.2, -0.15) is 0 Å². The predicted octanol–water partition coefficient (Wildman–Crippen LogP) is 3.47. The first-order valence-electron chi connectivity index (χ1n) is 12.0. The summed E-state index contributed by atoms with van der Waals surface area (Å²) in [4.78, 5) is 17.6. The van der Waals surface area contributed by atoms with Gasteiger partial charge in [0.1, 0.15) is 11.9 Å². The molecule has 6 atom stereocenters. The summed E-state index contributed by atoms with van der Waals surface area (Å²) in [7, 11) is 0. The third kappa shape index (κ3) is 3.37. The van der Waals surface area contributed by atoms with Crippen molar-refractivity contribution in [1.82, 2.24) is 4.90 Å². The van der Waals surface area contributed by atoms with E-state index in [0.29, 0.717) is 11.8 Å². The summed E-state index contributed by atoms with van der Waals surface area (Å²) in [6.45, 7) is 7.77. The average molecular weight is 429 g/mol. The predicted molar refractivity (Wildman–Crippen MR) is 115 cm³/mol. The second-order valence-corrected chi connectivity index (χ2v) is 10.9. The number of nitrogens with zero attached hydrogens (tertiary/aromatic N) is 2. The molecule has 1 aromatic carbocycles. The molecule has 5 aliphatic rings. The highest BCUT2D eigenvalue weighted by Crippen LogP contribution is 2.62. The first-order chi connectivity index (χ1) is 15.0. The van der Waals surface area contributed by atoms with Gasteiger partial charge in [-0.05, 0) is 67.7 Å². The molecule has 0 aromatic heterocycles. The SMILES string of the molecule is C[C@]12CCC[C@]3(CO3)[C@H]1C[C@@H]1[C@@H](C2)OC(=O)[C@@H]1CN1CCN(c2ccc(F)cc2)CC1. The minimum atomic E-state index is -0.198. The number of benzene rings is 1. The Balaban J connectivity index is 1.11. The van der Waals surface area contributed by atoms with Crippen LogP contribution in [0.1, 0.15) is 39.0 Å². The fourth-order valence-corrected chi connectivity index (χ4v) is 7.28. The number of fused-ring (bicyclic) bond motifs is 3. The molecule has 2 aliphatic carbocycles. The van der Waals surface area contributed by atoms with Gasteiger partial charge in [-0.15, -0.1) is 0 Å². The summed E-state index contributed by atoms with van der Waals surface area (Å²) in [5.74, 6) is 0.715. The van der Waals surface area contributed by atoms with Crippen LogP contribution in [0.5, 0.6) is 0 Å². The number of rotatable bonds is 3. The molecule has 0 N–H and O–H groups in total. The van der Waals surface area contributed by atoms with Crippen LogP contribution < -0.4 is 4.90 Å². The van der Waals surface area contributed by atoms with Gasteiger partial charge in [0.05, 0.1) is 18.1 Å². The monoisotopic (exact) mass is 428 g/mol. The number of carbonyl (C=O) groups is 1. The molecule has 6 heteroatoms. The average Bonchev–Trinajstić information content (AvgIpc) is 3.46. The van der Waals surface area contributed by atoms with Crippen LogP contribution in [-0.4, -0.2) is 61.9 Å². The van der Waals surface area contributed by atoms with Gasteiger partial charge in [0.15, 0.2) is 0 Å². The molecule has 3 saturated heterocycles. The molecule has 2 saturated carbocycles. The lowest BCUT2D eigenvalue weighted by Gasteiger charge is -2.51. The summed E-state index contributed by atoms with van der Waals surface area (Å²) in [5, 5.41) is 0. The molecule has 3 heterocycles. The second-order valence-electron chi connectivity index (χ2n) is 10.9. The highest BCUT2D eigenvalue weighted by Gasteiger charge is 2.65. The first-order valence-corrected chi connectivity index (χ1v) is 12.0. The minimum Gasteiger partial charge on any atom is -0.462 e. The van der Waals surface area contributed by atoms with Crippen LogP contribution >= 0.6 is 0 Å². The van der Waals surface area contributed by atoms with E-state index >= 15 is 0 Å². The van der Waals surface area contributed by atoms with Crippen LogP contribution in [0.15, 0.2) is 24.3 Å². The molecule has 0 unspecified atom stereocenters. The number of ether oxygens (including phenoxy) is 2. The Hall–Kier alpha value is -1.66. The van der Waals surface area contributed by atoms with Gasteiger partial charge in [0.25, 0.3) is 0 Å². The smallest absolute Gasteiger partial charge is 0.310 e. The van der Waals surface area contributed by atoms with Crippen LogP contribution in [0.3, 0.4) is 0 Å². The van der Waals surface area contributed by atoms with Crippen LogP contribution in [0.4, 0.5) is 10.1 Å². The Bertz CT molecular complexity index is 849. The normalized spacial score (nSPS) is 42.3. The van der Waals surface area contributed by atoms with Crippen molar-refractivity contribution in [3.05, 3.63) is 30.1 Å². The summed E-state index contributed by atoms with van der Waals surface area (Å²) in [6, 6.07) is 6.75. The number of hydrogen-bond acceptors (Lipinski definition) is 5. The van der Waals surface area contributed by atoms with Crippen molar-refractivity contribution in [3.8, 4) is 0 Å². The topological polar surface area (TPSA) is 45.3 Å². The highest BCUT2D eigenvalue weighted by molar-refractivity contribution is 5.75. The number of epoxide rings is 1. The second kappa shape index (κ2) is 7.17. The number of carbonyl (C=O) groups excluding carboxylic acids is 1. The Kier molecular flexibility index (Phi) is 4.62. The van der Waals surface area contributed by atoms with E-state index in [9.17, 15) is 9.18 Å². The molecule has 3 aliphatic heterocycles. The summed E-state index contributed by atoms with van der Waals surface area (Å²) < 4.78 is 25.2. The number of hydrogen-bond donors (Lipinski definition) is 0. The molecule has 6 rings (SSSR count). The van der Waals surface area contributed by atoms with Crippen molar-refractivity contribution in [1.29, 1.82) is 0 Å².